The molecule has 164 valence electrons. The summed E-state index contributed by atoms with van der Waals surface area (Å²) >= 11 is 0. The van der Waals surface area contributed by atoms with Gasteiger partial charge in [0.15, 0.2) is 0 Å². The van der Waals surface area contributed by atoms with Crippen LogP contribution >= 0.6 is 0 Å². The van der Waals surface area contributed by atoms with Gasteiger partial charge < -0.3 is 15.5 Å². The minimum absolute atomic E-state index is 0.0361. The van der Waals surface area contributed by atoms with Crippen molar-refractivity contribution in [1.29, 1.82) is 0 Å². The maximum absolute atomic E-state index is 13.0. The Bertz CT molecular complexity index is 955. The molecule has 0 spiro atoms. The summed E-state index contributed by atoms with van der Waals surface area (Å²) in [5, 5.41) is 5.60. The second-order valence-electron chi connectivity index (χ2n) is 8.38. The van der Waals surface area contributed by atoms with Gasteiger partial charge in [0.25, 0.3) is 0 Å². The van der Waals surface area contributed by atoms with E-state index in [2.05, 4.69) is 10.6 Å². The van der Waals surface area contributed by atoms with E-state index < -0.39 is 6.04 Å². The van der Waals surface area contributed by atoms with Gasteiger partial charge in [-0.25, -0.2) is 0 Å². The van der Waals surface area contributed by atoms with E-state index in [-0.39, 0.29) is 30.2 Å². The number of hydrogen-bond acceptors (Lipinski definition) is 3. The predicted octanol–water partition coefficient (Wildman–Crippen LogP) is 3.30. The minimum atomic E-state index is -0.614. The molecule has 31 heavy (non-hydrogen) atoms. The number of benzene rings is 2. The molecule has 6 nitrogen and oxygen atoms in total. The fourth-order valence-electron chi connectivity index (χ4n) is 3.92. The normalized spacial score (nSPS) is 15.4. The van der Waals surface area contributed by atoms with Crippen LogP contribution in [0, 0.1) is 5.92 Å². The van der Waals surface area contributed by atoms with Crippen molar-refractivity contribution in [3.8, 4) is 0 Å². The number of hydrogen-bond donors (Lipinski definition) is 2. The first kappa shape index (κ1) is 22.5. The Morgan fingerprint density at radius 3 is 2.42 bits per heavy atom. The lowest BCUT2D eigenvalue weighted by molar-refractivity contribution is -0.142. The third kappa shape index (κ3) is 5.72. The van der Waals surface area contributed by atoms with Gasteiger partial charge in [0.2, 0.25) is 17.7 Å². The average molecular weight is 422 g/mol. The molecular formula is C25H31N3O3. The maximum atomic E-state index is 13.0. The third-order valence-electron chi connectivity index (χ3n) is 5.55. The number of amides is 3. The maximum Gasteiger partial charge on any atom is 0.243 e. The number of carbonyl (C=O) groups is 3. The summed E-state index contributed by atoms with van der Waals surface area (Å²) < 4.78 is 0. The van der Waals surface area contributed by atoms with Crippen molar-refractivity contribution in [1.82, 2.24) is 10.2 Å². The molecule has 1 unspecified atom stereocenters. The molecule has 1 aliphatic rings. The molecule has 0 aromatic heterocycles. The Hall–Kier alpha value is -3.15. The van der Waals surface area contributed by atoms with Crippen LogP contribution in [0.3, 0.4) is 0 Å². The van der Waals surface area contributed by atoms with Crippen LogP contribution in [0.2, 0.25) is 0 Å². The summed E-state index contributed by atoms with van der Waals surface area (Å²) in [7, 11) is 0. The number of aryl methyl sites for hydroxylation is 1. The molecule has 0 aliphatic carbocycles. The van der Waals surface area contributed by atoms with Gasteiger partial charge in [-0.3, -0.25) is 14.4 Å². The molecule has 1 heterocycles. The molecule has 3 rings (SSSR count). The van der Waals surface area contributed by atoms with Crippen molar-refractivity contribution in [2.75, 3.05) is 11.9 Å². The lowest BCUT2D eigenvalue weighted by Gasteiger charge is -2.36. The van der Waals surface area contributed by atoms with E-state index in [0.29, 0.717) is 19.4 Å². The third-order valence-corrected chi connectivity index (χ3v) is 5.55. The highest BCUT2D eigenvalue weighted by Gasteiger charge is 2.34. The van der Waals surface area contributed by atoms with Crippen LogP contribution < -0.4 is 10.6 Å². The molecule has 1 atom stereocenters. The van der Waals surface area contributed by atoms with Gasteiger partial charge in [0.1, 0.15) is 6.04 Å². The average Bonchev–Trinajstić information content (AvgIpc) is 2.76. The summed E-state index contributed by atoms with van der Waals surface area (Å²) in [5.41, 5.74) is 3.93. The summed E-state index contributed by atoms with van der Waals surface area (Å²) in [6, 6.07) is 14.9. The molecule has 3 amide bonds. The molecule has 6 heteroatoms. The van der Waals surface area contributed by atoms with Crippen LogP contribution in [-0.2, 0) is 33.8 Å². The summed E-state index contributed by atoms with van der Waals surface area (Å²) in [6.07, 6.45) is 1.64. The molecule has 0 bridgehead atoms. The number of fused-ring (bicyclic) bond motifs is 1. The molecule has 0 saturated heterocycles. The number of nitrogens with one attached hydrogen (secondary N) is 2. The van der Waals surface area contributed by atoms with Crippen LogP contribution in [0.1, 0.15) is 43.9 Å². The summed E-state index contributed by atoms with van der Waals surface area (Å²) in [6.45, 7) is 6.28. The Morgan fingerprint density at radius 1 is 1.03 bits per heavy atom. The molecular weight excluding hydrogens is 390 g/mol. The van der Waals surface area contributed by atoms with Crippen LogP contribution in [-0.4, -0.2) is 35.2 Å². The number of carbonyl (C=O) groups excluding carboxylic acids is 3. The van der Waals surface area contributed by atoms with Crippen molar-refractivity contribution in [2.45, 2.75) is 52.6 Å². The molecule has 0 radical (unpaired) electrons. The first-order valence-corrected chi connectivity index (χ1v) is 10.9. The smallest absolute Gasteiger partial charge is 0.243 e. The van der Waals surface area contributed by atoms with Crippen molar-refractivity contribution >= 4 is 23.4 Å². The number of nitrogens with zero attached hydrogens (tertiary/aromatic N) is 1. The number of para-hydroxylation sites is 1. The monoisotopic (exact) mass is 421 g/mol. The van der Waals surface area contributed by atoms with Gasteiger partial charge in [0, 0.05) is 25.1 Å². The van der Waals surface area contributed by atoms with Crippen molar-refractivity contribution in [3.05, 3.63) is 65.2 Å². The first-order valence-electron chi connectivity index (χ1n) is 10.9. The highest BCUT2D eigenvalue weighted by Crippen LogP contribution is 2.25. The van der Waals surface area contributed by atoms with Gasteiger partial charge in [0.05, 0.1) is 6.54 Å². The largest absolute Gasteiger partial charge is 0.345 e. The van der Waals surface area contributed by atoms with Crippen molar-refractivity contribution in [3.63, 3.8) is 0 Å². The van der Waals surface area contributed by atoms with Crippen molar-refractivity contribution < 1.29 is 14.4 Å². The fraction of sp³-hybridized carbons (Fsp3) is 0.400. The van der Waals surface area contributed by atoms with Gasteiger partial charge >= 0.3 is 0 Å². The summed E-state index contributed by atoms with van der Waals surface area (Å²) in [5.74, 6) is -0.417. The van der Waals surface area contributed by atoms with Gasteiger partial charge in [-0.15, -0.1) is 0 Å². The van der Waals surface area contributed by atoms with Crippen LogP contribution in [0.25, 0.3) is 0 Å². The molecule has 1 aliphatic heterocycles. The SMILES string of the molecule is CCc1ccccc1NC(=O)CNC(=O)C1Cc2ccccc2CN1C(=O)CC(C)C. The number of anilines is 1. The summed E-state index contributed by atoms with van der Waals surface area (Å²) in [4.78, 5) is 39.9. The second-order valence-corrected chi connectivity index (χ2v) is 8.38. The van der Waals surface area contributed by atoms with Crippen LogP contribution in [0.15, 0.2) is 48.5 Å². The van der Waals surface area contributed by atoms with Crippen LogP contribution in [0.5, 0.6) is 0 Å². The zero-order chi connectivity index (χ0) is 22.4. The Balaban J connectivity index is 1.67. The zero-order valence-electron chi connectivity index (χ0n) is 18.5. The topological polar surface area (TPSA) is 78.5 Å². The van der Waals surface area contributed by atoms with E-state index in [1.807, 2.05) is 69.3 Å². The fourth-order valence-corrected chi connectivity index (χ4v) is 3.92. The Morgan fingerprint density at radius 2 is 1.71 bits per heavy atom. The van der Waals surface area contributed by atoms with Crippen LogP contribution in [0.4, 0.5) is 5.69 Å². The van der Waals surface area contributed by atoms with Gasteiger partial charge in [-0.1, -0.05) is 63.2 Å². The molecule has 0 fully saturated rings. The standard InChI is InChI=1S/C25H31N3O3/c1-4-18-9-7-8-12-21(18)27-23(29)15-26-25(31)22-14-19-10-5-6-11-20(19)16-28(22)24(30)13-17(2)3/h5-12,17,22H,4,13-16H2,1-3H3,(H,26,31)(H,27,29). The Kier molecular flexibility index (Phi) is 7.45. The zero-order valence-corrected chi connectivity index (χ0v) is 18.5. The highest BCUT2D eigenvalue weighted by molar-refractivity contribution is 5.96. The predicted molar refractivity (Wildman–Crippen MR) is 121 cm³/mol. The minimum Gasteiger partial charge on any atom is -0.345 e. The highest BCUT2D eigenvalue weighted by atomic mass is 16.2. The van der Waals surface area contributed by atoms with Gasteiger partial charge in [-0.05, 0) is 35.1 Å². The van der Waals surface area contributed by atoms with E-state index in [1.54, 1.807) is 4.90 Å². The van der Waals surface area contributed by atoms with E-state index in [9.17, 15) is 14.4 Å². The molecule has 2 aromatic rings. The molecule has 2 N–H and O–H groups in total. The molecule has 0 saturated carbocycles. The van der Waals surface area contributed by atoms with E-state index in [0.717, 1.165) is 28.8 Å². The van der Waals surface area contributed by atoms with Crippen molar-refractivity contribution in [2.24, 2.45) is 5.92 Å². The lowest BCUT2D eigenvalue weighted by Crippen LogP contribution is -2.53. The quantitative estimate of drug-likeness (QED) is 0.720. The first-order chi connectivity index (χ1) is 14.9. The van der Waals surface area contributed by atoms with Gasteiger partial charge in [-0.2, -0.15) is 0 Å². The van der Waals surface area contributed by atoms with E-state index in [1.165, 1.54) is 0 Å². The van der Waals surface area contributed by atoms with E-state index >= 15 is 0 Å². The number of rotatable bonds is 7. The Labute approximate surface area is 184 Å². The second kappa shape index (κ2) is 10.2. The van der Waals surface area contributed by atoms with E-state index in [4.69, 9.17) is 0 Å². The lowest BCUT2D eigenvalue weighted by atomic mass is 9.92. The molecule has 2 aromatic carbocycles.